The summed E-state index contributed by atoms with van der Waals surface area (Å²) in [6.45, 7) is 1.81. The first-order valence-corrected chi connectivity index (χ1v) is 6.47. The number of carboxylic acids is 1. The lowest BCUT2D eigenvalue weighted by molar-refractivity contribution is -0.132. The highest BCUT2D eigenvalue weighted by Gasteiger charge is 2.16. The van der Waals surface area contributed by atoms with Crippen LogP contribution >= 0.6 is 0 Å². The minimum Gasteiger partial charge on any atom is -0.478 e. The third kappa shape index (κ3) is 3.26. The fourth-order valence-corrected chi connectivity index (χ4v) is 1.90. The van der Waals surface area contributed by atoms with Gasteiger partial charge in [-0.3, -0.25) is 0 Å². The predicted octanol–water partition coefficient (Wildman–Crippen LogP) is 3.97. The van der Waals surface area contributed by atoms with E-state index in [1.807, 2.05) is 48.5 Å². The Hall–Kier alpha value is -2.55. The molecule has 0 saturated heterocycles. The number of hydrogen-bond donors (Lipinski definition) is 1. The van der Waals surface area contributed by atoms with Crippen molar-refractivity contribution in [2.24, 2.45) is 0 Å². The summed E-state index contributed by atoms with van der Waals surface area (Å²) in [7, 11) is 0. The van der Waals surface area contributed by atoms with Crippen molar-refractivity contribution in [1.82, 2.24) is 0 Å². The van der Waals surface area contributed by atoms with Crippen LogP contribution < -0.4 is 4.74 Å². The standard InChI is InChI=1S/C17H16O3/c1-2-15(17(18)19)16(13-9-5-3-6-10-13)20-14-11-7-4-8-12-14/h3-12H,2H2,1H3,(H,18,19)/b16-15+. The Bertz CT molecular complexity index is 601. The average molecular weight is 268 g/mol. The zero-order valence-electron chi connectivity index (χ0n) is 11.2. The smallest absolute Gasteiger partial charge is 0.335 e. The van der Waals surface area contributed by atoms with Crippen molar-refractivity contribution in [3.05, 3.63) is 71.8 Å². The molecule has 0 aliphatic rings. The zero-order valence-corrected chi connectivity index (χ0v) is 11.2. The summed E-state index contributed by atoms with van der Waals surface area (Å²) in [6.07, 6.45) is 0.395. The number of carboxylic acid groups (broad SMARTS) is 1. The molecule has 2 rings (SSSR count). The van der Waals surface area contributed by atoms with Crippen LogP contribution in [0.2, 0.25) is 0 Å². The number of para-hydroxylation sites is 1. The second kappa shape index (κ2) is 6.57. The minimum absolute atomic E-state index is 0.264. The Morgan fingerprint density at radius 1 is 1.00 bits per heavy atom. The maximum absolute atomic E-state index is 11.4. The maximum atomic E-state index is 11.4. The summed E-state index contributed by atoms with van der Waals surface area (Å²) in [6, 6.07) is 18.5. The van der Waals surface area contributed by atoms with Gasteiger partial charge in [0.1, 0.15) is 11.5 Å². The zero-order chi connectivity index (χ0) is 14.4. The monoisotopic (exact) mass is 268 g/mol. The third-order valence-corrected chi connectivity index (χ3v) is 2.88. The fraction of sp³-hybridized carbons (Fsp3) is 0.118. The van der Waals surface area contributed by atoms with Crippen molar-refractivity contribution in [3.63, 3.8) is 0 Å². The molecule has 0 amide bonds. The number of carbonyl (C=O) groups is 1. The molecule has 0 bridgehead atoms. The summed E-state index contributed by atoms with van der Waals surface area (Å²) >= 11 is 0. The topological polar surface area (TPSA) is 46.5 Å². The van der Waals surface area contributed by atoms with Crippen molar-refractivity contribution < 1.29 is 14.6 Å². The molecule has 0 spiro atoms. The lowest BCUT2D eigenvalue weighted by atomic mass is 10.1. The van der Waals surface area contributed by atoms with Crippen LogP contribution in [0.25, 0.3) is 5.76 Å². The quantitative estimate of drug-likeness (QED) is 0.659. The van der Waals surface area contributed by atoms with Gasteiger partial charge in [0, 0.05) is 5.56 Å². The molecule has 0 aliphatic carbocycles. The molecule has 102 valence electrons. The van der Waals surface area contributed by atoms with Gasteiger partial charge in [0.25, 0.3) is 0 Å². The van der Waals surface area contributed by atoms with E-state index in [0.29, 0.717) is 17.9 Å². The van der Waals surface area contributed by atoms with E-state index in [2.05, 4.69) is 0 Å². The number of ether oxygens (including phenoxy) is 1. The summed E-state index contributed by atoms with van der Waals surface area (Å²) in [5.74, 6) is 0.0626. The van der Waals surface area contributed by atoms with Crippen molar-refractivity contribution in [2.75, 3.05) is 0 Å². The van der Waals surface area contributed by atoms with Crippen LogP contribution in [-0.4, -0.2) is 11.1 Å². The summed E-state index contributed by atoms with van der Waals surface area (Å²) in [4.78, 5) is 11.4. The van der Waals surface area contributed by atoms with Gasteiger partial charge in [0.2, 0.25) is 0 Å². The van der Waals surface area contributed by atoms with E-state index in [-0.39, 0.29) is 5.57 Å². The highest BCUT2D eigenvalue weighted by Crippen LogP contribution is 2.25. The van der Waals surface area contributed by atoms with Gasteiger partial charge in [-0.2, -0.15) is 0 Å². The third-order valence-electron chi connectivity index (χ3n) is 2.88. The first-order valence-electron chi connectivity index (χ1n) is 6.47. The molecule has 0 atom stereocenters. The largest absolute Gasteiger partial charge is 0.478 e. The normalized spacial score (nSPS) is 11.7. The van der Waals surface area contributed by atoms with Gasteiger partial charge in [0.05, 0.1) is 5.57 Å². The molecule has 0 heterocycles. The van der Waals surface area contributed by atoms with Crippen LogP contribution in [0.15, 0.2) is 66.2 Å². The van der Waals surface area contributed by atoms with Crippen LogP contribution in [-0.2, 0) is 4.79 Å². The van der Waals surface area contributed by atoms with Gasteiger partial charge in [-0.15, -0.1) is 0 Å². The summed E-state index contributed by atoms with van der Waals surface area (Å²) in [5.41, 5.74) is 1.02. The fourth-order valence-electron chi connectivity index (χ4n) is 1.90. The Balaban J connectivity index is 2.48. The SMILES string of the molecule is CC/C(C(=O)O)=C(\Oc1ccccc1)c1ccccc1. The van der Waals surface area contributed by atoms with Gasteiger partial charge in [-0.25, -0.2) is 4.79 Å². The van der Waals surface area contributed by atoms with Crippen molar-refractivity contribution in [3.8, 4) is 5.75 Å². The highest BCUT2D eigenvalue weighted by atomic mass is 16.5. The van der Waals surface area contributed by atoms with E-state index in [1.54, 1.807) is 19.1 Å². The van der Waals surface area contributed by atoms with Crippen molar-refractivity contribution in [1.29, 1.82) is 0 Å². The van der Waals surface area contributed by atoms with Gasteiger partial charge >= 0.3 is 5.97 Å². The number of aliphatic carboxylic acids is 1. The molecule has 0 radical (unpaired) electrons. The molecular formula is C17H16O3. The number of hydrogen-bond acceptors (Lipinski definition) is 2. The van der Waals surface area contributed by atoms with E-state index in [9.17, 15) is 9.90 Å². The lowest BCUT2D eigenvalue weighted by Crippen LogP contribution is -2.07. The Morgan fingerprint density at radius 3 is 2.05 bits per heavy atom. The summed E-state index contributed by atoms with van der Waals surface area (Å²) in [5, 5.41) is 9.35. The van der Waals surface area contributed by atoms with Crippen LogP contribution in [0.4, 0.5) is 0 Å². The highest BCUT2D eigenvalue weighted by molar-refractivity contribution is 5.95. The second-order valence-electron chi connectivity index (χ2n) is 4.25. The van der Waals surface area contributed by atoms with Crippen LogP contribution in [0.1, 0.15) is 18.9 Å². The van der Waals surface area contributed by atoms with E-state index in [4.69, 9.17) is 4.74 Å². The number of benzene rings is 2. The molecule has 0 aromatic heterocycles. The van der Waals surface area contributed by atoms with Gasteiger partial charge in [-0.05, 0) is 18.6 Å². The molecule has 2 aromatic rings. The van der Waals surface area contributed by atoms with Crippen molar-refractivity contribution >= 4 is 11.7 Å². The Labute approximate surface area is 118 Å². The van der Waals surface area contributed by atoms with Gasteiger partial charge < -0.3 is 9.84 Å². The van der Waals surface area contributed by atoms with Crippen LogP contribution in [0.3, 0.4) is 0 Å². The second-order valence-corrected chi connectivity index (χ2v) is 4.25. The molecule has 20 heavy (non-hydrogen) atoms. The van der Waals surface area contributed by atoms with Gasteiger partial charge in [-0.1, -0.05) is 55.5 Å². The molecule has 1 N–H and O–H groups in total. The molecular weight excluding hydrogens is 252 g/mol. The van der Waals surface area contributed by atoms with Crippen molar-refractivity contribution in [2.45, 2.75) is 13.3 Å². The Kier molecular flexibility index (Phi) is 4.56. The van der Waals surface area contributed by atoms with E-state index >= 15 is 0 Å². The van der Waals surface area contributed by atoms with Crippen LogP contribution in [0.5, 0.6) is 5.75 Å². The molecule has 2 aromatic carbocycles. The molecule has 0 fully saturated rings. The van der Waals surface area contributed by atoms with E-state index in [0.717, 1.165) is 5.56 Å². The summed E-state index contributed by atoms with van der Waals surface area (Å²) < 4.78 is 5.81. The average Bonchev–Trinajstić information content (AvgIpc) is 2.48. The van der Waals surface area contributed by atoms with Gasteiger partial charge in [0.15, 0.2) is 0 Å². The lowest BCUT2D eigenvalue weighted by Gasteiger charge is -2.13. The maximum Gasteiger partial charge on any atom is 0.335 e. The molecule has 0 saturated carbocycles. The number of rotatable bonds is 5. The first kappa shape index (κ1) is 13.9. The first-order chi connectivity index (χ1) is 9.72. The molecule has 0 aliphatic heterocycles. The Morgan fingerprint density at radius 2 is 1.55 bits per heavy atom. The minimum atomic E-state index is -0.956. The predicted molar refractivity (Wildman–Crippen MR) is 78.4 cm³/mol. The molecule has 3 nitrogen and oxygen atoms in total. The van der Waals surface area contributed by atoms with Crippen LogP contribution in [0, 0.1) is 0 Å². The van der Waals surface area contributed by atoms with E-state index < -0.39 is 5.97 Å². The van der Waals surface area contributed by atoms with E-state index in [1.165, 1.54) is 0 Å². The molecule has 0 unspecified atom stereocenters. The molecule has 3 heteroatoms.